The highest BCUT2D eigenvalue weighted by Gasteiger charge is 2.09. The predicted molar refractivity (Wildman–Crippen MR) is 85.8 cm³/mol. The molecule has 1 unspecified atom stereocenters. The Morgan fingerprint density at radius 2 is 2.15 bits per heavy atom. The number of hydrogen-bond acceptors (Lipinski definition) is 3. The van der Waals surface area contributed by atoms with Crippen molar-refractivity contribution in [2.24, 2.45) is 5.92 Å². The molecule has 20 heavy (non-hydrogen) atoms. The molecule has 0 radical (unpaired) electrons. The SMILES string of the molecule is CCC(C)CN(C)CCC(=O)Nc1cc(N)ccc1C. The molecule has 4 nitrogen and oxygen atoms in total. The van der Waals surface area contributed by atoms with Gasteiger partial charge in [-0.05, 0) is 37.6 Å². The van der Waals surface area contributed by atoms with Crippen LogP contribution >= 0.6 is 0 Å². The zero-order chi connectivity index (χ0) is 15.1. The Bertz CT molecular complexity index is 445. The van der Waals surface area contributed by atoms with Gasteiger partial charge in [-0.25, -0.2) is 0 Å². The van der Waals surface area contributed by atoms with Gasteiger partial charge in [0.05, 0.1) is 0 Å². The van der Waals surface area contributed by atoms with Crippen molar-refractivity contribution in [2.45, 2.75) is 33.6 Å². The molecule has 0 saturated heterocycles. The number of nitrogen functional groups attached to an aromatic ring is 1. The number of nitrogens with zero attached hydrogens (tertiary/aromatic N) is 1. The van der Waals surface area contributed by atoms with Gasteiger partial charge in [0, 0.05) is 30.9 Å². The lowest BCUT2D eigenvalue weighted by Crippen LogP contribution is -2.28. The molecule has 1 atom stereocenters. The normalized spacial score (nSPS) is 12.4. The molecule has 0 saturated carbocycles. The number of hydrogen-bond donors (Lipinski definition) is 2. The van der Waals surface area contributed by atoms with E-state index in [-0.39, 0.29) is 5.91 Å². The Morgan fingerprint density at radius 1 is 1.45 bits per heavy atom. The second kappa shape index (κ2) is 7.90. The zero-order valence-electron chi connectivity index (χ0n) is 13.1. The lowest BCUT2D eigenvalue weighted by Gasteiger charge is -2.20. The number of benzene rings is 1. The van der Waals surface area contributed by atoms with Crippen LogP contribution in [0.3, 0.4) is 0 Å². The van der Waals surface area contributed by atoms with Crippen molar-refractivity contribution in [1.29, 1.82) is 0 Å². The average Bonchev–Trinajstić information content (AvgIpc) is 2.40. The molecule has 0 aliphatic rings. The Hall–Kier alpha value is -1.55. The lowest BCUT2D eigenvalue weighted by atomic mass is 10.1. The number of rotatable bonds is 7. The Balaban J connectivity index is 2.42. The third-order valence-electron chi connectivity index (χ3n) is 3.58. The first-order valence-electron chi connectivity index (χ1n) is 7.27. The highest BCUT2D eigenvalue weighted by Crippen LogP contribution is 2.18. The smallest absolute Gasteiger partial charge is 0.225 e. The molecule has 0 aliphatic carbocycles. The first-order valence-corrected chi connectivity index (χ1v) is 7.27. The monoisotopic (exact) mass is 277 g/mol. The Labute approximate surface area is 122 Å². The molecule has 1 aromatic carbocycles. The fourth-order valence-electron chi connectivity index (χ4n) is 2.03. The van der Waals surface area contributed by atoms with Gasteiger partial charge < -0.3 is 16.0 Å². The maximum atomic E-state index is 12.0. The van der Waals surface area contributed by atoms with Gasteiger partial charge in [-0.1, -0.05) is 26.3 Å². The summed E-state index contributed by atoms with van der Waals surface area (Å²) in [6.07, 6.45) is 1.67. The van der Waals surface area contributed by atoms with Crippen molar-refractivity contribution in [3.05, 3.63) is 23.8 Å². The second-order valence-electron chi connectivity index (χ2n) is 5.65. The van der Waals surface area contributed by atoms with Gasteiger partial charge in [0.2, 0.25) is 5.91 Å². The standard InChI is InChI=1S/C16H27N3O/c1-5-12(2)11-19(4)9-8-16(20)18-15-10-14(17)7-6-13(15)3/h6-7,10,12H,5,8-9,11,17H2,1-4H3,(H,18,20). The van der Waals surface area contributed by atoms with Crippen molar-refractivity contribution in [2.75, 3.05) is 31.2 Å². The molecule has 0 spiro atoms. The van der Waals surface area contributed by atoms with E-state index in [1.54, 1.807) is 6.07 Å². The molecule has 4 heteroatoms. The molecular formula is C16H27N3O. The van der Waals surface area contributed by atoms with Gasteiger partial charge in [0.25, 0.3) is 0 Å². The summed E-state index contributed by atoms with van der Waals surface area (Å²) in [5.74, 6) is 0.703. The van der Waals surface area contributed by atoms with E-state index in [9.17, 15) is 4.79 Å². The van der Waals surface area contributed by atoms with Gasteiger partial charge in [-0.3, -0.25) is 4.79 Å². The largest absolute Gasteiger partial charge is 0.399 e. The maximum Gasteiger partial charge on any atom is 0.225 e. The molecule has 1 amide bonds. The number of anilines is 2. The molecule has 0 heterocycles. The van der Waals surface area contributed by atoms with Gasteiger partial charge in [0.1, 0.15) is 0 Å². The van der Waals surface area contributed by atoms with E-state index < -0.39 is 0 Å². The minimum atomic E-state index is 0.0368. The van der Waals surface area contributed by atoms with Crippen LogP contribution in [0.1, 0.15) is 32.3 Å². The van der Waals surface area contributed by atoms with Gasteiger partial charge in [-0.15, -0.1) is 0 Å². The van der Waals surface area contributed by atoms with E-state index in [2.05, 4.69) is 31.1 Å². The summed E-state index contributed by atoms with van der Waals surface area (Å²) < 4.78 is 0. The van der Waals surface area contributed by atoms with Gasteiger partial charge in [-0.2, -0.15) is 0 Å². The Kier molecular flexibility index (Phi) is 6.52. The van der Waals surface area contributed by atoms with Crippen molar-refractivity contribution >= 4 is 17.3 Å². The van der Waals surface area contributed by atoms with Crippen LogP contribution in [-0.2, 0) is 4.79 Å². The van der Waals surface area contributed by atoms with E-state index in [0.29, 0.717) is 18.0 Å². The number of amides is 1. The lowest BCUT2D eigenvalue weighted by molar-refractivity contribution is -0.116. The summed E-state index contributed by atoms with van der Waals surface area (Å²) in [5.41, 5.74) is 8.24. The quantitative estimate of drug-likeness (QED) is 0.753. The summed E-state index contributed by atoms with van der Waals surface area (Å²) in [6.45, 7) is 8.18. The fourth-order valence-corrected chi connectivity index (χ4v) is 2.03. The summed E-state index contributed by atoms with van der Waals surface area (Å²) >= 11 is 0. The number of nitrogens with one attached hydrogen (secondary N) is 1. The number of aryl methyl sites for hydroxylation is 1. The molecule has 0 fully saturated rings. The van der Waals surface area contributed by atoms with Crippen LogP contribution in [0.5, 0.6) is 0 Å². The molecular weight excluding hydrogens is 250 g/mol. The highest BCUT2D eigenvalue weighted by molar-refractivity contribution is 5.92. The second-order valence-corrected chi connectivity index (χ2v) is 5.65. The molecule has 0 aliphatic heterocycles. The van der Waals surface area contributed by atoms with Crippen molar-refractivity contribution in [3.8, 4) is 0 Å². The van der Waals surface area contributed by atoms with E-state index in [1.807, 2.05) is 19.1 Å². The van der Waals surface area contributed by atoms with Crippen LogP contribution in [0, 0.1) is 12.8 Å². The van der Waals surface area contributed by atoms with Crippen LogP contribution < -0.4 is 11.1 Å². The molecule has 3 N–H and O–H groups in total. The average molecular weight is 277 g/mol. The zero-order valence-corrected chi connectivity index (χ0v) is 13.1. The topological polar surface area (TPSA) is 58.4 Å². The fraction of sp³-hybridized carbons (Fsp3) is 0.562. The first kappa shape index (κ1) is 16.5. The minimum Gasteiger partial charge on any atom is -0.399 e. The van der Waals surface area contributed by atoms with Crippen LogP contribution in [0.25, 0.3) is 0 Å². The number of carbonyl (C=O) groups excluding carboxylic acids is 1. The number of nitrogens with two attached hydrogens (primary N) is 1. The van der Waals surface area contributed by atoms with E-state index in [1.165, 1.54) is 6.42 Å². The molecule has 1 aromatic rings. The van der Waals surface area contributed by atoms with Crippen LogP contribution in [0.2, 0.25) is 0 Å². The van der Waals surface area contributed by atoms with Crippen molar-refractivity contribution in [1.82, 2.24) is 4.90 Å². The predicted octanol–water partition coefficient (Wildman–Crippen LogP) is 2.88. The van der Waals surface area contributed by atoms with E-state index >= 15 is 0 Å². The molecule has 0 bridgehead atoms. The van der Waals surface area contributed by atoms with Crippen LogP contribution in [0.4, 0.5) is 11.4 Å². The van der Waals surface area contributed by atoms with Gasteiger partial charge >= 0.3 is 0 Å². The number of carbonyl (C=O) groups is 1. The van der Waals surface area contributed by atoms with Gasteiger partial charge in [0.15, 0.2) is 0 Å². The first-order chi connectivity index (χ1) is 9.42. The van der Waals surface area contributed by atoms with Crippen molar-refractivity contribution < 1.29 is 4.79 Å². The molecule has 0 aromatic heterocycles. The summed E-state index contributed by atoms with van der Waals surface area (Å²) in [5, 5.41) is 2.93. The third kappa shape index (κ3) is 5.61. The van der Waals surface area contributed by atoms with Crippen LogP contribution in [-0.4, -0.2) is 30.9 Å². The van der Waals surface area contributed by atoms with Crippen molar-refractivity contribution in [3.63, 3.8) is 0 Å². The summed E-state index contributed by atoms with van der Waals surface area (Å²) in [4.78, 5) is 14.2. The van der Waals surface area contributed by atoms with E-state index in [4.69, 9.17) is 5.73 Å². The highest BCUT2D eigenvalue weighted by atomic mass is 16.1. The molecule has 1 rings (SSSR count). The molecule has 112 valence electrons. The Morgan fingerprint density at radius 3 is 2.80 bits per heavy atom. The summed E-state index contributed by atoms with van der Waals surface area (Å²) in [7, 11) is 2.06. The van der Waals surface area contributed by atoms with Crippen LogP contribution in [0.15, 0.2) is 18.2 Å². The maximum absolute atomic E-state index is 12.0. The minimum absolute atomic E-state index is 0.0368. The van der Waals surface area contributed by atoms with E-state index in [0.717, 1.165) is 24.3 Å². The summed E-state index contributed by atoms with van der Waals surface area (Å²) in [6, 6.07) is 5.56. The third-order valence-corrected chi connectivity index (χ3v) is 3.58.